The number of hydrazine groups is 1. The standard InChI is InChI=1S/C22H25F3N4O5S/c1-22(2,3)34-21(31)28-10-4-5-18(28)35(32,33)29(26)15-8-6-13(7-9-15)20(30)27-14-11-16(23)19(25)17(24)12-14/h6-9,11-12,18H,4-5,10,26H2,1-3H3,(H,27,30). The molecule has 1 saturated heterocycles. The van der Waals surface area contributed by atoms with Gasteiger partial charge in [-0.15, -0.1) is 0 Å². The van der Waals surface area contributed by atoms with E-state index in [-0.39, 0.29) is 29.9 Å². The number of hydrogen-bond acceptors (Lipinski definition) is 6. The topological polar surface area (TPSA) is 122 Å². The van der Waals surface area contributed by atoms with Crippen LogP contribution in [0.3, 0.4) is 0 Å². The molecule has 1 aliphatic heterocycles. The first-order valence-electron chi connectivity index (χ1n) is 10.5. The van der Waals surface area contributed by atoms with Gasteiger partial charge in [-0.1, -0.05) is 0 Å². The molecule has 2 amide bonds. The number of likely N-dealkylation sites (tertiary alicyclic amines) is 1. The summed E-state index contributed by atoms with van der Waals surface area (Å²) < 4.78 is 71.9. The van der Waals surface area contributed by atoms with E-state index in [0.29, 0.717) is 23.0 Å². The normalized spacial score (nSPS) is 16.2. The fraction of sp³-hybridized carbons (Fsp3) is 0.364. The molecule has 0 aromatic heterocycles. The molecule has 2 aromatic carbocycles. The Morgan fingerprint density at radius 2 is 1.69 bits per heavy atom. The zero-order valence-corrected chi connectivity index (χ0v) is 20.0. The number of anilines is 2. The van der Waals surface area contributed by atoms with Crippen molar-refractivity contribution in [2.45, 2.75) is 44.6 Å². The van der Waals surface area contributed by atoms with E-state index in [0.717, 1.165) is 4.90 Å². The molecule has 0 spiro atoms. The molecule has 9 nitrogen and oxygen atoms in total. The Hall–Kier alpha value is -3.32. The van der Waals surface area contributed by atoms with Crippen molar-refractivity contribution in [1.29, 1.82) is 0 Å². The smallest absolute Gasteiger partial charge is 0.411 e. The largest absolute Gasteiger partial charge is 0.444 e. The number of nitrogens with zero attached hydrogens (tertiary/aromatic N) is 2. The second-order valence-electron chi connectivity index (χ2n) is 8.87. The Bertz CT molecular complexity index is 1210. The number of rotatable bonds is 5. The van der Waals surface area contributed by atoms with Gasteiger partial charge in [0.25, 0.3) is 15.9 Å². The first-order chi connectivity index (χ1) is 16.2. The van der Waals surface area contributed by atoms with Crippen LogP contribution in [0, 0.1) is 17.5 Å². The highest BCUT2D eigenvalue weighted by Gasteiger charge is 2.43. The van der Waals surface area contributed by atoms with Crippen LogP contribution in [0.25, 0.3) is 0 Å². The number of sulfonamides is 1. The van der Waals surface area contributed by atoms with Gasteiger partial charge in [0.1, 0.15) is 5.60 Å². The molecule has 13 heteroatoms. The number of carbonyl (C=O) groups is 2. The highest BCUT2D eigenvalue weighted by Crippen LogP contribution is 2.28. The maximum Gasteiger partial charge on any atom is 0.411 e. The van der Waals surface area contributed by atoms with Gasteiger partial charge in [0.05, 0.1) is 5.69 Å². The second-order valence-corrected chi connectivity index (χ2v) is 10.8. The summed E-state index contributed by atoms with van der Waals surface area (Å²) in [4.78, 5) is 26.0. The third-order valence-corrected chi connectivity index (χ3v) is 7.01. The van der Waals surface area contributed by atoms with E-state index in [1.54, 1.807) is 20.8 Å². The lowest BCUT2D eigenvalue weighted by Crippen LogP contribution is -2.51. The van der Waals surface area contributed by atoms with E-state index < -0.39 is 50.5 Å². The maximum atomic E-state index is 13.4. The van der Waals surface area contributed by atoms with Crippen molar-refractivity contribution >= 4 is 33.4 Å². The minimum absolute atomic E-state index is 0.0106. The van der Waals surface area contributed by atoms with Crippen LogP contribution in [0.2, 0.25) is 0 Å². The summed E-state index contributed by atoms with van der Waals surface area (Å²) in [6, 6.07) is 6.25. The summed E-state index contributed by atoms with van der Waals surface area (Å²) in [7, 11) is -4.22. The SMILES string of the molecule is CC(C)(C)OC(=O)N1CCCC1S(=O)(=O)N(N)c1ccc(C(=O)Nc2cc(F)c(F)c(F)c2)cc1. The highest BCUT2D eigenvalue weighted by atomic mass is 32.2. The molecule has 1 fully saturated rings. The fourth-order valence-electron chi connectivity index (χ4n) is 3.44. The Labute approximate surface area is 200 Å². The lowest BCUT2D eigenvalue weighted by Gasteiger charge is -2.31. The van der Waals surface area contributed by atoms with Crippen LogP contribution in [0.1, 0.15) is 44.0 Å². The van der Waals surface area contributed by atoms with Gasteiger partial charge in [-0.3, -0.25) is 9.69 Å². The zero-order valence-electron chi connectivity index (χ0n) is 19.2. The van der Waals surface area contributed by atoms with Crippen LogP contribution in [0.5, 0.6) is 0 Å². The molecule has 1 atom stereocenters. The van der Waals surface area contributed by atoms with Crippen molar-refractivity contribution in [3.8, 4) is 0 Å². The van der Waals surface area contributed by atoms with Crippen molar-refractivity contribution < 1.29 is 35.9 Å². The Balaban J connectivity index is 1.74. The molecule has 3 N–H and O–H groups in total. The molecule has 0 saturated carbocycles. The fourth-order valence-corrected chi connectivity index (χ4v) is 5.10. The number of amides is 2. The molecular formula is C22H25F3N4O5S. The summed E-state index contributed by atoms with van der Waals surface area (Å²) >= 11 is 0. The van der Waals surface area contributed by atoms with Crippen LogP contribution in [-0.2, 0) is 14.8 Å². The summed E-state index contributed by atoms with van der Waals surface area (Å²) in [5.74, 6) is 0.515. The number of hydrogen-bond donors (Lipinski definition) is 2. The van der Waals surface area contributed by atoms with Gasteiger partial charge in [0.2, 0.25) is 0 Å². The zero-order chi connectivity index (χ0) is 26.1. The van der Waals surface area contributed by atoms with Crippen molar-refractivity contribution in [3.05, 3.63) is 59.4 Å². The number of carbonyl (C=O) groups excluding carboxylic acids is 2. The lowest BCUT2D eigenvalue weighted by atomic mass is 10.2. The number of ether oxygens (including phenoxy) is 1. The van der Waals surface area contributed by atoms with Gasteiger partial charge < -0.3 is 10.1 Å². The molecule has 0 bridgehead atoms. The van der Waals surface area contributed by atoms with Crippen LogP contribution in [0.15, 0.2) is 36.4 Å². The Kier molecular flexibility index (Phi) is 7.31. The van der Waals surface area contributed by atoms with E-state index >= 15 is 0 Å². The van der Waals surface area contributed by atoms with Crippen LogP contribution in [-0.4, -0.2) is 42.8 Å². The quantitative estimate of drug-likeness (QED) is 0.356. The molecule has 1 aliphatic rings. The van der Waals surface area contributed by atoms with E-state index in [2.05, 4.69) is 5.32 Å². The van der Waals surface area contributed by atoms with Crippen molar-refractivity contribution in [3.63, 3.8) is 0 Å². The van der Waals surface area contributed by atoms with Crippen molar-refractivity contribution in [1.82, 2.24) is 4.90 Å². The minimum Gasteiger partial charge on any atom is -0.444 e. The molecule has 0 radical (unpaired) electrons. The summed E-state index contributed by atoms with van der Waals surface area (Å²) in [6.45, 7) is 5.19. The second kappa shape index (κ2) is 9.74. The maximum absolute atomic E-state index is 13.4. The molecule has 3 rings (SSSR count). The van der Waals surface area contributed by atoms with Gasteiger partial charge in [-0.05, 0) is 57.9 Å². The van der Waals surface area contributed by atoms with Crippen molar-refractivity contribution in [2.24, 2.45) is 5.84 Å². The third-order valence-electron chi connectivity index (χ3n) is 5.07. The van der Waals surface area contributed by atoms with Crippen LogP contribution < -0.4 is 15.6 Å². The van der Waals surface area contributed by atoms with Gasteiger partial charge in [0, 0.05) is 29.9 Å². The molecule has 190 valence electrons. The predicted octanol–water partition coefficient (Wildman–Crippen LogP) is 3.72. The predicted molar refractivity (Wildman–Crippen MR) is 122 cm³/mol. The Morgan fingerprint density at radius 3 is 2.23 bits per heavy atom. The molecular weight excluding hydrogens is 489 g/mol. The number of halogens is 3. The monoisotopic (exact) mass is 514 g/mol. The van der Waals surface area contributed by atoms with Gasteiger partial charge >= 0.3 is 6.09 Å². The number of nitrogens with one attached hydrogen (secondary N) is 1. The average Bonchev–Trinajstić information content (AvgIpc) is 3.27. The van der Waals surface area contributed by atoms with Crippen molar-refractivity contribution in [2.75, 3.05) is 16.3 Å². The first kappa shape index (κ1) is 26.3. The van der Waals surface area contributed by atoms with E-state index in [4.69, 9.17) is 10.6 Å². The third kappa shape index (κ3) is 5.85. The molecule has 0 aliphatic carbocycles. The summed E-state index contributed by atoms with van der Waals surface area (Å²) in [5, 5.41) is 0.993. The molecule has 1 unspecified atom stereocenters. The number of benzene rings is 2. The van der Waals surface area contributed by atoms with Crippen LogP contribution >= 0.6 is 0 Å². The minimum atomic E-state index is -4.22. The average molecular weight is 515 g/mol. The van der Waals surface area contributed by atoms with Crippen LogP contribution in [0.4, 0.5) is 29.3 Å². The van der Waals surface area contributed by atoms with E-state index in [1.807, 2.05) is 0 Å². The van der Waals surface area contributed by atoms with Gasteiger partial charge in [-0.25, -0.2) is 36.6 Å². The first-order valence-corrected chi connectivity index (χ1v) is 12.1. The summed E-state index contributed by atoms with van der Waals surface area (Å²) in [6.07, 6.45) is -0.154. The Morgan fingerprint density at radius 1 is 1.11 bits per heavy atom. The number of nitrogens with two attached hydrogens (primary N) is 1. The highest BCUT2D eigenvalue weighted by molar-refractivity contribution is 7.93. The van der Waals surface area contributed by atoms with Gasteiger partial charge in [0.15, 0.2) is 22.8 Å². The molecule has 2 aromatic rings. The van der Waals surface area contributed by atoms with Gasteiger partial charge in [-0.2, -0.15) is 0 Å². The molecule has 35 heavy (non-hydrogen) atoms. The lowest BCUT2D eigenvalue weighted by molar-refractivity contribution is 0.0271. The van der Waals surface area contributed by atoms with E-state index in [9.17, 15) is 31.2 Å². The van der Waals surface area contributed by atoms with E-state index in [1.165, 1.54) is 24.3 Å². The molecule has 1 heterocycles. The summed E-state index contributed by atoms with van der Waals surface area (Å²) in [5.41, 5.74) is -1.09.